The molecule has 0 aliphatic carbocycles. The van der Waals surface area contributed by atoms with Gasteiger partial charge in [-0.1, -0.05) is 18.2 Å². The molecule has 7 nitrogen and oxygen atoms in total. The standard InChI is InChI=1S/C20H30N4O3.ClH/c21-12-11-18(25)23-15-17-9-4-5-14-24(17)19(26)10-6-13-22-20(27)16-7-2-1-3-8-16;/h1-3,7-8,17H,4-6,9-15,21H2,(H,22,27)(H,23,25);1H. The molecule has 0 spiro atoms. The number of amides is 3. The lowest BCUT2D eigenvalue weighted by Crippen LogP contribution is -2.49. The Bertz CT molecular complexity index is 627. The lowest BCUT2D eigenvalue weighted by molar-refractivity contribution is -0.135. The van der Waals surface area contributed by atoms with Crippen molar-refractivity contribution in [3.05, 3.63) is 35.9 Å². The molecular formula is C20H31ClN4O3. The van der Waals surface area contributed by atoms with E-state index >= 15 is 0 Å². The molecule has 0 radical (unpaired) electrons. The molecule has 0 aromatic heterocycles. The van der Waals surface area contributed by atoms with Gasteiger partial charge in [0.15, 0.2) is 0 Å². The van der Waals surface area contributed by atoms with Crippen molar-refractivity contribution >= 4 is 30.1 Å². The van der Waals surface area contributed by atoms with Gasteiger partial charge < -0.3 is 21.3 Å². The van der Waals surface area contributed by atoms with Gasteiger partial charge in [-0.3, -0.25) is 14.4 Å². The third kappa shape index (κ3) is 7.86. The summed E-state index contributed by atoms with van der Waals surface area (Å²) in [7, 11) is 0. The summed E-state index contributed by atoms with van der Waals surface area (Å²) in [6.45, 7) is 2.00. The van der Waals surface area contributed by atoms with Gasteiger partial charge >= 0.3 is 0 Å². The maximum atomic E-state index is 12.6. The van der Waals surface area contributed by atoms with Crippen LogP contribution in [0.4, 0.5) is 0 Å². The maximum absolute atomic E-state index is 12.6. The average molecular weight is 411 g/mol. The summed E-state index contributed by atoms with van der Waals surface area (Å²) < 4.78 is 0. The van der Waals surface area contributed by atoms with Crippen molar-refractivity contribution in [1.29, 1.82) is 0 Å². The van der Waals surface area contributed by atoms with Gasteiger partial charge in [0.05, 0.1) is 0 Å². The third-order valence-corrected chi connectivity index (χ3v) is 4.74. The molecule has 1 aliphatic rings. The van der Waals surface area contributed by atoms with E-state index in [0.717, 1.165) is 25.8 Å². The number of carbonyl (C=O) groups excluding carboxylic acids is 3. The van der Waals surface area contributed by atoms with Crippen LogP contribution in [0.5, 0.6) is 0 Å². The Morgan fingerprint density at radius 3 is 2.54 bits per heavy atom. The minimum Gasteiger partial charge on any atom is -0.354 e. The van der Waals surface area contributed by atoms with E-state index in [9.17, 15) is 14.4 Å². The van der Waals surface area contributed by atoms with Gasteiger partial charge in [-0.05, 0) is 37.8 Å². The fourth-order valence-corrected chi connectivity index (χ4v) is 3.27. The zero-order chi connectivity index (χ0) is 19.5. The number of nitrogens with two attached hydrogens (primary N) is 1. The quantitative estimate of drug-likeness (QED) is 0.536. The molecule has 28 heavy (non-hydrogen) atoms. The highest BCUT2D eigenvalue weighted by Crippen LogP contribution is 2.18. The fraction of sp³-hybridized carbons (Fsp3) is 0.550. The Morgan fingerprint density at radius 2 is 1.82 bits per heavy atom. The Hall–Kier alpha value is -2.12. The van der Waals surface area contributed by atoms with Gasteiger partial charge in [-0.25, -0.2) is 0 Å². The number of halogens is 1. The second-order valence-electron chi connectivity index (χ2n) is 6.80. The summed E-state index contributed by atoms with van der Waals surface area (Å²) in [5, 5.41) is 5.71. The minimum atomic E-state index is -0.124. The van der Waals surface area contributed by atoms with Crippen LogP contribution in [-0.4, -0.2) is 54.8 Å². The van der Waals surface area contributed by atoms with Crippen molar-refractivity contribution < 1.29 is 14.4 Å². The molecule has 1 aromatic rings. The van der Waals surface area contributed by atoms with Gasteiger partial charge in [-0.2, -0.15) is 0 Å². The molecule has 1 aliphatic heterocycles. The molecule has 0 saturated carbocycles. The number of hydrogen-bond acceptors (Lipinski definition) is 4. The van der Waals surface area contributed by atoms with Crippen LogP contribution in [0.2, 0.25) is 0 Å². The molecule has 1 unspecified atom stereocenters. The van der Waals surface area contributed by atoms with Crippen molar-refractivity contribution in [2.24, 2.45) is 5.73 Å². The van der Waals surface area contributed by atoms with Crippen LogP contribution < -0.4 is 16.4 Å². The molecule has 4 N–H and O–H groups in total. The Balaban J connectivity index is 0.00000392. The molecular weight excluding hydrogens is 380 g/mol. The molecule has 1 atom stereocenters. The van der Waals surface area contributed by atoms with Crippen molar-refractivity contribution in [3.63, 3.8) is 0 Å². The van der Waals surface area contributed by atoms with E-state index in [2.05, 4.69) is 10.6 Å². The molecule has 156 valence electrons. The van der Waals surface area contributed by atoms with Gasteiger partial charge in [-0.15, -0.1) is 12.4 Å². The number of carbonyl (C=O) groups is 3. The van der Waals surface area contributed by atoms with Crippen molar-refractivity contribution in [2.45, 2.75) is 44.6 Å². The summed E-state index contributed by atoms with van der Waals surface area (Å²) >= 11 is 0. The summed E-state index contributed by atoms with van der Waals surface area (Å²) in [4.78, 5) is 38.1. The summed E-state index contributed by atoms with van der Waals surface area (Å²) in [6.07, 6.45) is 4.25. The number of likely N-dealkylation sites (tertiary alicyclic amines) is 1. The highest BCUT2D eigenvalue weighted by atomic mass is 35.5. The van der Waals surface area contributed by atoms with E-state index in [1.807, 2.05) is 23.1 Å². The van der Waals surface area contributed by atoms with Gasteiger partial charge in [0.25, 0.3) is 5.91 Å². The number of rotatable bonds is 9. The highest BCUT2D eigenvalue weighted by Gasteiger charge is 2.26. The van der Waals surface area contributed by atoms with E-state index in [-0.39, 0.29) is 36.2 Å². The summed E-state index contributed by atoms with van der Waals surface area (Å²) in [5.41, 5.74) is 6.00. The van der Waals surface area contributed by atoms with Crippen LogP contribution in [-0.2, 0) is 9.59 Å². The smallest absolute Gasteiger partial charge is 0.251 e. The van der Waals surface area contributed by atoms with Crippen LogP contribution >= 0.6 is 12.4 Å². The number of benzene rings is 1. The number of hydrogen-bond donors (Lipinski definition) is 3. The maximum Gasteiger partial charge on any atom is 0.251 e. The largest absolute Gasteiger partial charge is 0.354 e. The van der Waals surface area contributed by atoms with Crippen LogP contribution in [0.15, 0.2) is 30.3 Å². The third-order valence-electron chi connectivity index (χ3n) is 4.74. The number of nitrogens with zero attached hydrogens (tertiary/aromatic N) is 1. The minimum absolute atomic E-state index is 0. The van der Waals surface area contributed by atoms with E-state index in [1.54, 1.807) is 12.1 Å². The van der Waals surface area contributed by atoms with Crippen LogP contribution in [0.25, 0.3) is 0 Å². The van der Waals surface area contributed by atoms with Crippen molar-refractivity contribution in [2.75, 3.05) is 26.2 Å². The average Bonchev–Trinajstić information content (AvgIpc) is 2.70. The van der Waals surface area contributed by atoms with Crippen molar-refractivity contribution in [1.82, 2.24) is 15.5 Å². The number of piperidine rings is 1. The highest BCUT2D eigenvalue weighted by molar-refractivity contribution is 5.94. The molecule has 1 saturated heterocycles. The van der Waals surface area contributed by atoms with Crippen LogP contribution in [0, 0.1) is 0 Å². The molecule has 8 heteroatoms. The monoisotopic (exact) mass is 410 g/mol. The molecule has 3 amide bonds. The first kappa shape index (κ1) is 23.9. The fourth-order valence-electron chi connectivity index (χ4n) is 3.27. The first-order valence-corrected chi connectivity index (χ1v) is 9.71. The normalized spacial score (nSPS) is 16.0. The van der Waals surface area contributed by atoms with E-state index < -0.39 is 0 Å². The van der Waals surface area contributed by atoms with E-state index in [0.29, 0.717) is 44.5 Å². The molecule has 1 fully saturated rings. The van der Waals surface area contributed by atoms with Gasteiger partial charge in [0.1, 0.15) is 0 Å². The van der Waals surface area contributed by atoms with Crippen LogP contribution in [0.1, 0.15) is 48.9 Å². The predicted molar refractivity (Wildman–Crippen MR) is 111 cm³/mol. The molecule has 1 heterocycles. The Morgan fingerprint density at radius 1 is 1.07 bits per heavy atom. The first-order valence-electron chi connectivity index (χ1n) is 9.71. The lowest BCUT2D eigenvalue weighted by Gasteiger charge is -2.36. The van der Waals surface area contributed by atoms with E-state index in [4.69, 9.17) is 5.73 Å². The summed E-state index contributed by atoms with van der Waals surface area (Å²) in [5.74, 6) is -0.109. The first-order chi connectivity index (χ1) is 13.1. The van der Waals surface area contributed by atoms with Gasteiger partial charge in [0.2, 0.25) is 11.8 Å². The molecule has 2 rings (SSSR count). The Kier molecular flexibility index (Phi) is 11.2. The SMILES string of the molecule is Cl.NCCC(=O)NCC1CCCCN1C(=O)CCCNC(=O)c1ccccc1. The van der Waals surface area contributed by atoms with Gasteiger partial charge in [0, 0.05) is 50.6 Å². The second-order valence-corrected chi connectivity index (χ2v) is 6.80. The Labute approximate surface area is 172 Å². The zero-order valence-electron chi connectivity index (χ0n) is 16.2. The van der Waals surface area contributed by atoms with Crippen molar-refractivity contribution in [3.8, 4) is 0 Å². The predicted octanol–water partition coefficient (Wildman–Crippen LogP) is 1.46. The summed E-state index contributed by atoms with van der Waals surface area (Å²) in [6, 6.07) is 9.08. The lowest BCUT2D eigenvalue weighted by atomic mass is 10.0. The molecule has 0 bridgehead atoms. The van der Waals surface area contributed by atoms with Crippen LogP contribution in [0.3, 0.4) is 0 Å². The zero-order valence-corrected chi connectivity index (χ0v) is 17.0. The molecule has 1 aromatic carbocycles. The van der Waals surface area contributed by atoms with E-state index in [1.165, 1.54) is 0 Å². The topological polar surface area (TPSA) is 105 Å². The number of nitrogens with one attached hydrogen (secondary N) is 2. The second kappa shape index (κ2) is 13.1.